The summed E-state index contributed by atoms with van der Waals surface area (Å²) in [6.45, 7) is 0. The van der Waals surface area contributed by atoms with Crippen molar-refractivity contribution in [2.24, 2.45) is 0 Å². The van der Waals surface area contributed by atoms with Crippen LogP contribution in [0.15, 0.2) is 66.7 Å². The molecule has 1 heterocycles. The highest BCUT2D eigenvalue weighted by molar-refractivity contribution is 5.80. The Kier molecular flexibility index (Phi) is 5.81. The molecule has 1 aliphatic rings. The predicted octanol–water partition coefficient (Wildman–Crippen LogP) is 6.07. The van der Waals surface area contributed by atoms with Gasteiger partial charge in [0.25, 0.3) is 0 Å². The van der Waals surface area contributed by atoms with Gasteiger partial charge in [-0.05, 0) is 30.5 Å². The van der Waals surface area contributed by atoms with E-state index in [1.165, 1.54) is 6.42 Å². The number of hydrogen-bond acceptors (Lipinski definition) is 3. The fourth-order valence-electron chi connectivity index (χ4n) is 4.29. The highest BCUT2D eigenvalue weighted by Gasteiger charge is 2.22. The van der Waals surface area contributed by atoms with Crippen LogP contribution in [0.1, 0.15) is 54.8 Å². The smallest absolute Gasteiger partial charge is 0.144 e. The van der Waals surface area contributed by atoms with E-state index in [2.05, 4.69) is 6.07 Å². The zero-order chi connectivity index (χ0) is 20.9. The third-order valence-corrected chi connectivity index (χ3v) is 5.80. The van der Waals surface area contributed by atoms with E-state index in [4.69, 9.17) is 5.41 Å². The summed E-state index contributed by atoms with van der Waals surface area (Å²) in [4.78, 5) is 0. The molecular formula is C26H25N3O. The molecule has 4 rings (SSSR count). The fraction of sp³-hybridized carbons (Fsp3) is 0.231. The Morgan fingerprint density at radius 1 is 1.00 bits per heavy atom. The number of rotatable bonds is 4. The third-order valence-electron chi connectivity index (χ3n) is 5.80. The molecule has 150 valence electrons. The first kappa shape index (κ1) is 19.7. The molecule has 2 N–H and O–H groups in total. The SMILES string of the molecule is N#Cc1c(/C=C(/O)c2ccccc2)cc(-c2ccccc2)n(C2CCCCC2)c1=N. The average molecular weight is 396 g/mol. The minimum absolute atomic E-state index is 0.0842. The van der Waals surface area contributed by atoms with Gasteiger partial charge in [0.15, 0.2) is 0 Å². The lowest BCUT2D eigenvalue weighted by Gasteiger charge is -2.28. The van der Waals surface area contributed by atoms with Crippen molar-refractivity contribution in [1.29, 1.82) is 10.7 Å². The van der Waals surface area contributed by atoms with Gasteiger partial charge in [0, 0.05) is 17.2 Å². The molecule has 0 atom stereocenters. The van der Waals surface area contributed by atoms with Crippen LogP contribution in [-0.4, -0.2) is 9.67 Å². The van der Waals surface area contributed by atoms with Crippen LogP contribution < -0.4 is 5.49 Å². The Bertz CT molecular complexity index is 1150. The van der Waals surface area contributed by atoms with Crippen LogP contribution in [0, 0.1) is 16.7 Å². The molecule has 1 fully saturated rings. The maximum Gasteiger partial charge on any atom is 0.144 e. The molecule has 4 heteroatoms. The molecule has 4 nitrogen and oxygen atoms in total. The molecule has 0 unspecified atom stereocenters. The summed E-state index contributed by atoms with van der Waals surface area (Å²) < 4.78 is 2.03. The monoisotopic (exact) mass is 395 g/mol. The molecular weight excluding hydrogens is 370 g/mol. The Balaban J connectivity index is 1.93. The first-order chi connectivity index (χ1) is 14.7. The Morgan fingerprint density at radius 3 is 2.27 bits per heavy atom. The molecule has 0 spiro atoms. The summed E-state index contributed by atoms with van der Waals surface area (Å²) in [5.74, 6) is 0.0842. The van der Waals surface area contributed by atoms with Crippen molar-refractivity contribution in [3.05, 3.63) is 88.9 Å². The van der Waals surface area contributed by atoms with E-state index in [0.717, 1.165) is 36.9 Å². The van der Waals surface area contributed by atoms with Crippen LogP contribution in [0.5, 0.6) is 0 Å². The number of nitriles is 1. The Labute approximate surface area is 176 Å². The molecule has 0 radical (unpaired) electrons. The van der Waals surface area contributed by atoms with E-state index in [0.29, 0.717) is 16.7 Å². The molecule has 0 aliphatic heterocycles. The minimum Gasteiger partial charge on any atom is -0.507 e. The van der Waals surface area contributed by atoms with Crippen LogP contribution in [0.2, 0.25) is 0 Å². The standard InChI is InChI=1S/C26H25N3O/c27-18-23-21(17-25(30)20-12-6-2-7-13-20)16-24(19-10-4-1-5-11-19)29(26(23)28)22-14-8-3-9-15-22/h1-2,4-7,10-13,16-17,22,28,30H,3,8-9,14-15H2/b25-17+,28-26?. The molecule has 1 aliphatic carbocycles. The van der Waals surface area contributed by atoms with Gasteiger partial charge in [-0.1, -0.05) is 79.9 Å². The average Bonchev–Trinajstić information content (AvgIpc) is 2.80. The van der Waals surface area contributed by atoms with Crippen molar-refractivity contribution in [2.45, 2.75) is 38.1 Å². The van der Waals surface area contributed by atoms with Crippen LogP contribution in [-0.2, 0) is 0 Å². The summed E-state index contributed by atoms with van der Waals surface area (Å²) in [5.41, 5.74) is 3.68. The van der Waals surface area contributed by atoms with Gasteiger partial charge >= 0.3 is 0 Å². The normalized spacial score (nSPS) is 15.0. The van der Waals surface area contributed by atoms with E-state index in [1.54, 1.807) is 6.08 Å². The molecule has 0 amide bonds. The van der Waals surface area contributed by atoms with Gasteiger partial charge in [-0.25, -0.2) is 0 Å². The molecule has 0 saturated heterocycles. The van der Waals surface area contributed by atoms with Gasteiger partial charge in [-0.2, -0.15) is 5.26 Å². The van der Waals surface area contributed by atoms with Gasteiger partial charge in [-0.15, -0.1) is 0 Å². The second-order valence-corrected chi connectivity index (χ2v) is 7.74. The Morgan fingerprint density at radius 2 is 1.63 bits per heavy atom. The van der Waals surface area contributed by atoms with Gasteiger partial charge in [0.2, 0.25) is 0 Å². The maximum atomic E-state index is 10.6. The number of aliphatic hydroxyl groups excluding tert-OH is 1. The number of nitrogens with zero attached hydrogens (tertiary/aromatic N) is 2. The van der Waals surface area contributed by atoms with E-state index in [1.807, 2.05) is 71.3 Å². The molecule has 30 heavy (non-hydrogen) atoms. The largest absolute Gasteiger partial charge is 0.507 e. The highest BCUT2D eigenvalue weighted by Crippen LogP contribution is 2.32. The topological polar surface area (TPSA) is 72.8 Å². The lowest BCUT2D eigenvalue weighted by atomic mass is 9.93. The first-order valence-corrected chi connectivity index (χ1v) is 10.4. The summed E-state index contributed by atoms with van der Waals surface area (Å²) in [5, 5.41) is 29.4. The molecule has 0 bridgehead atoms. The molecule has 1 saturated carbocycles. The van der Waals surface area contributed by atoms with Crippen molar-refractivity contribution < 1.29 is 5.11 Å². The zero-order valence-corrected chi connectivity index (χ0v) is 16.9. The summed E-state index contributed by atoms with van der Waals surface area (Å²) in [7, 11) is 0. The second-order valence-electron chi connectivity index (χ2n) is 7.74. The third kappa shape index (κ3) is 3.92. The maximum absolute atomic E-state index is 10.6. The number of hydrogen-bond donors (Lipinski definition) is 2. The number of aliphatic hydroxyl groups is 1. The Hall–Kier alpha value is -3.58. The van der Waals surface area contributed by atoms with Gasteiger partial charge in [0.1, 0.15) is 22.9 Å². The number of benzene rings is 2. The second kappa shape index (κ2) is 8.84. The van der Waals surface area contributed by atoms with Crippen molar-refractivity contribution in [3.63, 3.8) is 0 Å². The van der Waals surface area contributed by atoms with E-state index < -0.39 is 0 Å². The number of aromatic nitrogens is 1. The number of nitrogens with one attached hydrogen (secondary N) is 1. The van der Waals surface area contributed by atoms with Crippen molar-refractivity contribution >= 4 is 11.8 Å². The van der Waals surface area contributed by atoms with Gasteiger partial charge in [0.05, 0.1) is 5.69 Å². The highest BCUT2D eigenvalue weighted by atomic mass is 16.3. The van der Waals surface area contributed by atoms with Crippen molar-refractivity contribution in [3.8, 4) is 17.3 Å². The summed E-state index contributed by atoms with van der Waals surface area (Å²) >= 11 is 0. The van der Waals surface area contributed by atoms with Crippen LogP contribution >= 0.6 is 0 Å². The van der Waals surface area contributed by atoms with Crippen molar-refractivity contribution in [1.82, 2.24) is 4.57 Å². The fourth-order valence-corrected chi connectivity index (χ4v) is 4.29. The summed E-state index contributed by atoms with van der Waals surface area (Å²) in [6, 6.07) is 23.6. The van der Waals surface area contributed by atoms with Crippen molar-refractivity contribution in [2.75, 3.05) is 0 Å². The van der Waals surface area contributed by atoms with Gasteiger partial charge in [-0.3, -0.25) is 5.41 Å². The first-order valence-electron chi connectivity index (χ1n) is 10.4. The minimum atomic E-state index is 0.0842. The zero-order valence-electron chi connectivity index (χ0n) is 16.9. The lowest BCUT2D eigenvalue weighted by molar-refractivity contribution is 0.345. The van der Waals surface area contributed by atoms with E-state index in [-0.39, 0.29) is 17.3 Å². The van der Waals surface area contributed by atoms with E-state index >= 15 is 0 Å². The van der Waals surface area contributed by atoms with E-state index in [9.17, 15) is 10.4 Å². The number of pyridine rings is 1. The summed E-state index contributed by atoms with van der Waals surface area (Å²) in [6.07, 6.45) is 7.15. The quantitative estimate of drug-likeness (QED) is 0.526. The predicted molar refractivity (Wildman–Crippen MR) is 120 cm³/mol. The van der Waals surface area contributed by atoms with Crippen LogP contribution in [0.25, 0.3) is 23.1 Å². The molecule has 2 aromatic carbocycles. The molecule has 3 aromatic rings. The van der Waals surface area contributed by atoms with Crippen LogP contribution in [0.4, 0.5) is 0 Å². The van der Waals surface area contributed by atoms with Gasteiger partial charge < -0.3 is 9.67 Å². The van der Waals surface area contributed by atoms with Crippen LogP contribution in [0.3, 0.4) is 0 Å². The molecule has 1 aromatic heterocycles. The lowest BCUT2D eigenvalue weighted by Crippen LogP contribution is -2.30.